The van der Waals surface area contributed by atoms with Gasteiger partial charge in [-0.3, -0.25) is 9.59 Å². The van der Waals surface area contributed by atoms with Gasteiger partial charge in [0.2, 0.25) is 11.8 Å². The molecule has 0 aliphatic carbocycles. The Hall–Kier alpha value is -2.66. The Labute approximate surface area is 167 Å². The first kappa shape index (κ1) is 20.1. The minimum absolute atomic E-state index is 0.0240. The molecule has 3 rings (SSSR count). The lowest BCUT2D eigenvalue weighted by Crippen LogP contribution is -2.52. The number of carbonyl (C=O) groups is 2. The molecule has 1 saturated heterocycles. The Bertz CT molecular complexity index is 779. The molecule has 2 aromatic carbocycles. The summed E-state index contributed by atoms with van der Waals surface area (Å²) >= 11 is 0. The van der Waals surface area contributed by atoms with Crippen LogP contribution in [0.1, 0.15) is 25.3 Å². The Balaban J connectivity index is 1.76. The van der Waals surface area contributed by atoms with E-state index < -0.39 is 6.04 Å². The molecule has 148 valence electrons. The van der Waals surface area contributed by atoms with E-state index >= 15 is 0 Å². The van der Waals surface area contributed by atoms with Crippen molar-refractivity contribution < 1.29 is 9.59 Å². The number of hydrogen-bond acceptors (Lipinski definition) is 3. The van der Waals surface area contributed by atoms with E-state index in [1.165, 1.54) is 0 Å². The first-order valence-corrected chi connectivity index (χ1v) is 9.95. The quantitative estimate of drug-likeness (QED) is 0.811. The molecule has 1 fully saturated rings. The number of nitrogens with zero attached hydrogens (tertiary/aromatic N) is 1. The second-order valence-electron chi connectivity index (χ2n) is 7.56. The van der Waals surface area contributed by atoms with E-state index in [0.29, 0.717) is 12.5 Å². The fourth-order valence-electron chi connectivity index (χ4n) is 3.72. The molecular weight excluding hydrogens is 350 g/mol. The van der Waals surface area contributed by atoms with Gasteiger partial charge in [0.25, 0.3) is 0 Å². The molecule has 3 atom stereocenters. The van der Waals surface area contributed by atoms with E-state index in [-0.39, 0.29) is 17.7 Å². The molecular formula is C23H29N3O2. The maximum atomic E-state index is 13.2. The van der Waals surface area contributed by atoms with Crippen molar-refractivity contribution in [1.29, 1.82) is 0 Å². The third-order valence-corrected chi connectivity index (χ3v) is 5.37. The number of nitrogens with one attached hydrogen (secondary N) is 2. The molecule has 5 heteroatoms. The van der Waals surface area contributed by atoms with Gasteiger partial charge in [0, 0.05) is 31.1 Å². The van der Waals surface area contributed by atoms with E-state index in [2.05, 4.69) is 17.6 Å². The van der Waals surface area contributed by atoms with Gasteiger partial charge >= 0.3 is 0 Å². The SMILES string of the molecule is C[C@H]1C[C@@H](C(=O)N[C@@H](Cc2ccccc2)C(=O)N(C)c2ccccc2)CCN1. The van der Waals surface area contributed by atoms with Gasteiger partial charge in [-0.2, -0.15) is 0 Å². The zero-order valence-corrected chi connectivity index (χ0v) is 16.6. The summed E-state index contributed by atoms with van der Waals surface area (Å²) in [5, 5.41) is 6.42. The van der Waals surface area contributed by atoms with Crippen LogP contribution in [-0.4, -0.2) is 37.5 Å². The van der Waals surface area contributed by atoms with Gasteiger partial charge in [-0.25, -0.2) is 0 Å². The van der Waals surface area contributed by atoms with Crippen molar-refractivity contribution in [2.45, 2.75) is 38.3 Å². The van der Waals surface area contributed by atoms with Gasteiger partial charge in [0.1, 0.15) is 6.04 Å². The number of hydrogen-bond donors (Lipinski definition) is 2. The van der Waals surface area contributed by atoms with Crippen molar-refractivity contribution in [3.63, 3.8) is 0 Å². The standard InChI is InChI=1S/C23H29N3O2/c1-17-15-19(13-14-24-17)22(27)25-21(16-18-9-5-3-6-10-18)23(28)26(2)20-11-7-4-8-12-20/h3-12,17,19,21,24H,13-16H2,1-2H3,(H,25,27)/t17-,19-,21-/m0/s1. The third kappa shape index (κ3) is 5.20. The minimum Gasteiger partial charge on any atom is -0.344 e. The summed E-state index contributed by atoms with van der Waals surface area (Å²) in [6, 6.07) is 19.1. The fraction of sp³-hybridized carbons (Fsp3) is 0.391. The maximum Gasteiger partial charge on any atom is 0.249 e. The smallest absolute Gasteiger partial charge is 0.249 e. The lowest BCUT2D eigenvalue weighted by Gasteiger charge is -2.30. The van der Waals surface area contributed by atoms with Crippen molar-refractivity contribution in [2.24, 2.45) is 5.92 Å². The van der Waals surface area contributed by atoms with Crippen molar-refractivity contribution in [3.05, 3.63) is 66.2 Å². The van der Waals surface area contributed by atoms with E-state index in [0.717, 1.165) is 30.6 Å². The van der Waals surface area contributed by atoms with Gasteiger partial charge in [-0.05, 0) is 44.0 Å². The number of piperidine rings is 1. The van der Waals surface area contributed by atoms with E-state index in [1.54, 1.807) is 11.9 Å². The van der Waals surface area contributed by atoms with Gasteiger partial charge in [0.15, 0.2) is 0 Å². The second-order valence-corrected chi connectivity index (χ2v) is 7.56. The fourth-order valence-corrected chi connectivity index (χ4v) is 3.72. The van der Waals surface area contributed by atoms with Crippen LogP contribution in [0, 0.1) is 5.92 Å². The summed E-state index contributed by atoms with van der Waals surface area (Å²) in [7, 11) is 1.76. The average Bonchev–Trinajstić information content (AvgIpc) is 2.73. The highest BCUT2D eigenvalue weighted by molar-refractivity contribution is 5.99. The lowest BCUT2D eigenvalue weighted by molar-refractivity contribution is -0.130. The van der Waals surface area contributed by atoms with Gasteiger partial charge in [0.05, 0.1) is 0 Å². The molecule has 28 heavy (non-hydrogen) atoms. The van der Waals surface area contributed by atoms with Crippen LogP contribution in [0.5, 0.6) is 0 Å². The zero-order valence-electron chi connectivity index (χ0n) is 16.6. The summed E-state index contributed by atoms with van der Waals surface area (Å²) in [6.45, 7) is 2.93. The largest absolute Gasteiger partial charge is 0.344 e. The summed E-state index contributed by atoms with van der Waals surface area (Å²) in [4.78, 5) is 27.8. The highest BCUT2D eigenvalue weighted by Crippen LogP contribution is 2.18. The Kier molecular flexibility index (Phi) is 6.82. The number of likely N-dealkylation sites (N-methyl/N-ethyl adjacent to an activating group) is 1. The van der Waals surface area contributed by atoms with Crippen molar-refractivity contribution in [1.82, 2.24) is 10.6 Å². The predicted octanol–water partition coefficient (Wildman–Crippen LogP) is 2.77. The van der Waals surface area contributed by atoms with Crippen molar-refractivity contribution >= 4 is 17.5 Å². The Morgan fingerprint density at radius 3 is 2.39 bits per heavy atom. The minimum atomic E-state index is -0.592. The Morgan fingerprint density at radius 1 is 1.11 bits per heavy atom. The number of amides is 2. The zero-order chi connectivity index (χ0) is 19.9. The number of para-hydroxylation sites is 1. The molecule has 0 saturated carbocycles. The van der Waals surface area contributed by atoms with Crippen molar-refractivity contribution in [3.8, 4) is 0 Å². The van der Waals surface area contributed by atoms with E-state index in [4.69, 9.17) is 0 Å². The summed E-state index contributed by atoms with van der Waals surface area (Å²) in [5.41, 5.74) is 1.84. The summed E-state index contributed by atoms with van der Waals surface area (Å²) in [6.07, 6.45) is 2.08. The van der Waals surface area contributed by atoms with Crippen LogP contribution >= 0.6 is 0 Å². The van der Waals surface area contributed by atoms with Crippen LogP contribution in [0.15, 0.2) is 60.7 Å². The third-order valence-electron chi connectivity index (χ3n) is 5.37. The molecule has 2 amide bonds. The van der Waals surface area contributed by atoms with Crippen LogP contribution in [0.4, 0.5) is 5.69 Å². The number of anilines is 1. The molecule has 1 heterocycles. The predicted molar refractivity (Wildman–Crippen MR) is 112 cm³/mol. The van der Waals surface area contributed by atoms with Gasteiger partial charge < -0.3 is 15.5 Å². The van der Waals surface area contributed by atoms with Crippen LogP contribution in [0.2, 0.25) is 0 Å². The van der Waals surface area contributed by atoms with Crippen molar-refractivity contribution in [2.75, 3.05) is 18.5 Å². The molecule has 2 N–H and O–H groups in total. The first-order valence-electron chi connectivity index (χ1n) is 9.95. The monoisotopic (exact) mass is 379 g/mol. The summed E-state index contributed by atoms with van der Waals surface area (Å²) < 4.78 is 0. The molecule has 0 aromatic heterocycles. The van der Waals surface area contributed by atoms with Crippen LogP contribution in [-0.2, 0) is 16.0 Å². The molecule has 0 spiro atoms. The van der Waals surface area contributed by atoms with Crippen LogP contribution in [0.3, 0.4) is 0 Å². The normalized spacial score (nSPS) is 20.2. The number of benzene rings is 2. The molecule has 0 radical (unpaired) electrons. The van der Waals surface area contributed by atoms with E-state index in [1.807, 2.05) is 60.7 Å². The first-order chi connectivity index (χ1) is 13.5. The van der Waals surface area contributed by atoms with Gasteiger partial charge in [-0.15, -0.1) is 0 Å². The highest BCUT2D eigenvalue weighted by atomic mass is 16.2. The molecule has 0 bridgehead atoms. The summed E-state index contributed by atoms with van der Waals surface area (Å²) in [5.74, 6) is -0.182. The molecule has 1 aliphatic rings. The second kappa shape index (κ2) is 9.51. The maximum absolute atomic E-state index is 13.2. The number of carbonyl (C=O) groups excluding carboxylic acids is 2. The van der Waals surface area contributed by atoms with Gasteiger partial charge in [-0.1, -0.05) is 48.5 Å². The molecule has 1 aliphatic heterocycles. The van der Waals surface area contributed by atoms with Crippen LogP contribution < -0.4 is 15.5 Å². The highest BCUT2D eigenvalue weighted by Gasteiger charge is 2.30. The molecule has 5 nitrogen and oxygen atoms in total. The molecule has 2 aromatic rings. The van der Waals surface area contributed by atoms with Crippen LogP contribution in [0.25, 0.3) is 0 Å². The topological polar surface area (TPSA) is 61.4 Å². The van der Waals surface area contributed by atoms with E-state index in [9.17, 15) is 9.59 Å². The molecule has 0 unspecified atom stereocenters. The lowest BCUT2D eigenvalue weighted by atomic mass is 9.92. The Morgan fingerprint density at radius 2 is 1.75 bits per heavy atom. The number of rotatable bonds is 6. The average molecular weight is 380 g/mol.